The molecule has 1 aliphatic carbocycles. The third-order valence-electron chi connectivity index (χ3n) is 3.09. The molecule has 0 N–H and O–H groups in total. The lowest BCUT2D eigenvalue weighted by Crippen LogP contribution is -2.45. The molecule has 0 aromatic carbocycles. The number of rotatable bonds is 2. The zero-order valence-corrected chi connectivity index (χ0v) is 11.6. The van der Waals surface area contributed by atoms with Crippen LogP contribution in [-0.4, -0.2) is 34.5 Å². The number of hydrogen-bond donors (Lipinski definition) is 0. The highest BCUT2D eigenvalue weighted by Gasteiger charge is 2.46. The molecule has 0 unspecified atom stereocenters. The van der Waals surface area contributed by atoms with Gasteiger partial charge in [-0.2, -0.15) is 0 Å². The molecule has 4 nitrogen and oxygen atoms in total. The number of halogens is 1. The fraction of sp³-hybridized carbons (Fsp3) is 0.818. The third kappa shape index (κ3) is 2.19. The molecule has 2 rings (SSSR count). The van der Waals surface area contributed by atoms with Crippen LogP contribution in [0.5, 0.6) is 0 Å². The van der Waals surface area contributed by atoms with Gasteiger partial charge in [0.1, 0.15) is 12.1 Å². The minimum atomic E-state index is -0.122. The number of ether oxygens (including phenoxy) is 2. The topological polar surface area (TPSA) is 47.9 Å². The Morgan fingerprint density at radius 1 is 1.62 bits per heavy atom. The van der Waals surface area contributed by atoms with E-state index in [1.165, 1.54) is 0 Å². The van der Waals surface area contributed by atoms with Gasteiger partial charge in [0.15, 0.2) is 5.90 Å². The van der Waals surface area contributed by atoms with Gasteiger partial charge in [0, 0.05) is 6.92 Å². The van der Waals surface area contributed by atoms with Gasteiger partial charge in [-0.3, -0.25) is 4.79 Å². The first-order valence-electron chi connectivity index (χ1n) is 5.65. The second-order valence-electron chi connectivity index (χ2n) is 4.17. The molecule has 0 spiro atoms. The van der Waals surface area contributed by atoms with Crippen molar-refractivity contribution in [1.82, 2.24) is 0 Å². The molecule has 1 saturated carbocycles. The van der Waals surface area contributed by atoms with E-state index in [4.69, 9.17) is 9.47 Å². The van der Waals surface area contributed by atoms with Crippen LogP contribution in [-0.2, 0) is 14.3 Å². The number of aliphatic imine (C=N–C) groups is 1. The first-order chi connectivity index (χ1) is 7.63. The van der Waals surface area contributed by atoms with Gasteiger partial charge in [0.05, 0.1) is 16.4 Å². The first kappa shape index (κ1) is 12.1. The molecule has 90 valence electrons. The Bertz CT molecular complexity index is 318. The summed E-state index contributed by atoms with van der Waals surface area (Å²) in [5, 5.41) is 0. The lowest BCUT2D eigenvalue weighted by Gasteiger charge is -2.32. The lowest BCUT2D eigenvalue weighted by molar-refractivity contribution is -0.150. The van der Waals surface area contributed by atoms with Gasteiger partial charge < -0.3 is 9.47 Å². The quantitative estimate of drug-likeness (QED) is 0.440. The molecule has 5 heteroatoms. The first-order valence-corrected chi connectivity index (χ1v) is 6.89. The fourth-order valence-corrected chi connectivity index (χ4v) is 3.30. The molecule has 0 aromatic heterocycles. The molecule has 0 radical (unpaired) electrons. The predicted molar refractivity (Wildman–Crippen MR) is 68.9 cm³/mol. The Morgan fingerprint density at radius 3 is 3.06 bits per heavy atom. The molecule has 4 atom stereocenters. The van der Waals surface area contributed by atoms with Crippen LogP contribution in [0.3, 0.4) is 0 Å². The molecule has 0 bridgehead atoms. The monoisotopic (exact) mass is 337 g/mol. The highest BCUT2D eigenvalue weighted by atomic mass is 127. The summed E-state index contributed by atoms with van der Waals surface area (Å²) < 4.78 is 11.2. The normalized spacial score (nSPS) is 37.3. The minimum absolute atomic E-state index is 0.0327. The zero-order valence-electron chi connectivity index (χ0n) is 9.48. The van der Waals surface area contributed by atoms with E-state index in [-0.39, 0.29) is 24.0 Å². The number of esters is 1. The van der Waals surface area contributed by atoms with Crippen LogP contribution in [0.2, 0.25) is 0 Å². The average Bonchev–Trinajstić information content (AvgIpc) is 2.61. The fourth-order valence-electron chi connectivity index (χ4n) is 2.37. The molecule has 0 aromatic rings. The van der Waals surface area contributed by atoms with Crippen molar-refractivity contribution in [2.24, 2.45) is 10.9 Å². The molecule has 2 aliphatic rings. The third-order valence-corrected chi connectivity index (χ3v) is 4.42. The van der Waals surface area contributed by atoms with Gasteiger partial charge in [0.25, 0.3) is 0 Å². The Labute approximate surface area is 109 Å². The maximum atomic E-state index is 11.8. The number of hydrogen-bond acceptors (Lipinski definition) is 4. The summed E-state index contributed by atoms with van der Waals surface area (Å²) in [6.45, 7) is 4.12. The minimum Gasteiger partial charge on any atom is -0.475 e. The van der Waals surface area contributed by atoms with Crippen LogP contribution in [0, 0.1) is 5.92 Å². The van der Waals surface area contributed by atoms with E-state index in [0.717, 1.165) is 12.8 Å². The van der Waals surface area contributed by atoms with Crippen molar-refractivity contribution >= 4 is 34.5 Å². The van der Waals surface area contributed by atoms with Crippen molar-refractivity contribution in [3.63, 3.8) is 0 Å². The molecule has 16 heavy (non-hydrogen) atoms. The van der Waals surface area contributed by atoms with Crippen LogP contribution in [0.15, 0.2) is 4.99 Å². The van der Waals surface area contributed by atoms with E-state index in [1.54, 1.807) is 0 Å². The van der Waals surface area contributed by atoms with E-state index in [1.807, 2.05) is 13.8 Å². The van der Waals surface area contributed by atoms with Crippen LogP contribution in [0.1, 0.15) is 26.7 Å². The van der Waals surface area contributed by atoms with E-state index in [9.17, 15) is 4.79 Å². The molecule has 1 heterocycles. The number of alkyl halides is 1. The predicted octanol–water partition coefficient (Wildman–Crippen LogP) is 1.95. The van der Waals surface area contributed by atoms with Crippen molar-refractivity contribution in [3.05, 3.63) is 0 Å². The lowest BCUT2D eigenvalue weighted by atomic mass is 9.83. The van der Waals surface area contributed by atoms with E-state index in [0.29, 0.717) is 16.4 Å². The van der Waals surface area contributed by atoms with Crippen LogP contribution >= 0.6 is 22.6 Å². The molecule has 1 aliphatic heterocycles. The van der Waals surface area contributed by atoms with Gasteiger partial charge in [-0.15, -0.1) is 0 Å². The molecular formula is C11H16INO3. The van der Waals surface area contributed by atoms with E-state index >= 15 is 0 Å². The highest BCUT2D eigenvalue weighted by molar-refractivity contribution is 14.1. The second kappa shape index (κ2) is 4.89. The highest BCUT2D eigenvalue weighted by Crippen LogP contribution is 2.37. The van der Waals surface area contributed by atoms with Crippen molar-refractivity contribution in [1.29, 1.82) is 0 Å². The van der Waals surface area contributed by atoms with Crippen LogP contribution in [0.4, 0.5) is 0 Å². The molecular weight excluding hydrogens is 321 g/mol. The van der Waals surface area contributed by atoms with Gasteiger partial charge in [-0.25, -0.2) is 4.99 Å². The summed E-state index contributed by atoms with van der Waals surface area (Å²) in [5.74, 6) is 0.462. The summed E-state index contributed by atoms with van der Waals surface area (Å²) >= 11 is 2.39. The van der Waals surface area contributed by atoms with Crippen molar-refractivity contribution in [2.45, 2.75) is 42.8 Å². The van der Waals surface area contributed by atoms with Gasteiger partial charge in [-0.05, 0) is 19.8 Å². The summed E-state index contributed by atoms with van der Waals surface area (Å²) in [6, 6.07) is -0.0327. The largest absolute Gasteiger partial charge is 0.475 e. The summed E-state index contributed by atoms with van der Waals surface area (Å²) in [5.41, 5.74) is 0. The van der Waals surface area contributed by atoms with E-state index < -0.39 is 0 Å². The van der Waals surface area contributed by atoms with Gasteiger partial charge >= 0.3 is 5.97 Å². The average molecular weight is 337 g/mol. The van der Waals surface area contributed by atoms with Crippen molar-refractivity contribution in [3.8, 4) is 0 Å². The Morgan fingerprint density at radius 2 is 2.38 bits per heavy atom. The van der Waals surface area contributed by atoms with E-state index in [2.05, 4.69) is 27.6 Å². The van der Waals surface area contributed by atoms with Gasteiger partial charge in [0.2, 0.25) is 0 Å². The van der Waals surface area contributed by atoms with Crippen molar-refractivity contribution in [2.75, 3.05) is 6.61 Å². The number of carbonyl (C=O) groups excluding carboxylic acids is 1. The summed E-state index contributed by atoms with van der Waals surface area (Å²) in [4.78, 5) is 16.2. The second-order valence-corrected chi connectivity index (χ2v) is 5.77. The smallest absolute Gasteiger partial charge is 0.311 e. The molecule has 0 saturated heterocycles. The molecule has 1 fully saturated rings. The Kier molecular flexibility index (Phi) is 3.71. The Balaban J connectivity index is 2.12. The van der Waals surface area contributed by atoms with Crippen LogP contribution < -0.4 is 0 Å². The number of fused-ring (bicyclic) bond motifs is 1. The molecule has 0 amide bonds. The maximum absolute atomic E-state index is 11.8. The van der Waals surface area contributed by atoms with Crippen LogP contribution in [0.25, 0.3) is 0 Å². The number of nitrogens with zero attached hydrogens (tertiary/aromatic N) is 1. The standard InChI is InChI=1S/C11H16INO3/c1-3-15-11(14)7-4-5-8(12)10-9(7)13-6(2)16-10/h7-10H,3-5H2,1-2H3/t7-,8-,9-,10+/m1/s1. The SMILES string of the molecule is CCOC(=O)[C@@H]1CC[C@@H](I)[C@@H]2OC(C)=N[C@@H]21. The van der Waals surface area contributed by atoms with Gasteiger partial charge in [-0.1, -0.05) is 22.6 Å². The maximum Gasteiger partial charge on any atom is 0.311 e. The summed E-state index contributed by atoms with van der Waals surface area (Å²) in [6.07, 6.45) is 1.91. The number of carbonyl (C=O) groups is 1. The zero-order chi connectivity index (χ0) is 11.7. The Hall–Kier alpha value is -0.330. The van der Waals surface area contributed by atoms with Crippen molar-refractivity contribution < 1.29 is 14.3 Å². The summed E-state index contributed by atoms with van der Waals surface area (Å²) in [7, 11) is 0.